The Balaban J connectivity index is 2.13. The summed E-state index contributed by atoms with van der Waals surface area (Å²) in [6.07, 6.45) is 2.93. The van der Waals surface area contributed by atoms with Crippen molar-refractivity contribution < 1.29 is 19.4 Å². The summed E-state index contributed by atoms with van der Waals surface area (Å²) in [5, 5.41) is 9.35. The second kappa shape index (κ2) is 5.90. The van der Waals surface area contributed by atoms with Crippen LogP contribution in [-0.4, -0.2) is 47.2 Å². The summed E-state index contributed by atoms with van der Waals surface area (Å²) in [6, 6.07) is 0. The number of carbonyl (C=O) groups is 2. The van der Waals surface area contributed by atoms with Gasteiger partial charge in [-0.3, -0.25) is 9.59 Å². The van der Waals surface area contributed by atoms with Crippen molar-refractivity contribution >= 4 is 11.9 Å². The average molecular weight is 269 g/mol. The highest BCUT2D eigenvalue weighted by molar-refractivity contribution is 5.86. The Kier molecular flexibility index (Phi) is 4.45. The molecule has 0 aromatic carbocycles. The van der Waals surface area contributed by atoms with E-state index in [-0.39, 0.29) is 18.1 Å². The molecule has 2 aliphatic heterocycles. The highest BCUT2D eigenvalue weighted by Gasteiger charge is 2.56. The van der Waals surface area contributed by atoms with E-state index < -0.39 is 17.8 Å². The highest BCUT2D eigenvalue weighted by atomic mass is 16.5. The molecule has 5 nitrogen and oxygen atoms in total. The van der Waals surface area contributed by atoms with Crippen molar-refractivity contribution in [3.05, 3.63) is 0 Å². The molecule has 2 rings (SSSR count). The van der Waals surface area contributed by atoms with E-state index in [1.54, 1.807) is 0 Å². The van der Waals surface area contributed by atoms with Gasteiger partial charge in [-0.25, -0.2) is 0 Å². The molecule has 0 saturated carbocycles. The molecule has 0 aromatic rings. The molecule has 19 heavy (non-hydrogen) atoms. The Bertz CT molecular complexity index is 351. The topological polar surface area (TPSA) is 66.8 Å². The Morgan fingerprint density at radius 1 is 1.11 bits per heavy atom. The lowest BCUT2D eigenvalue weighted by Crippen LogP contribution is -2.46. The van der Waals surface area contributed by atoms with E-state index in [1.165, 1.54) is 0 Å². The largest absolute Gasteiger partial charge is 0.481 e. The van der Waals surface area contributed by atoms with Gasteiger partial charge in [0.25, 0.3) is 0 Å². The SMILES string of the molecule is CCCN(CCC)C(=O)[C@@H]1[C@H](C(=O)O)[C@H]2CC[C@H]1O2. The normalized spacial score (nSPS) is 32.5. The number of ether oxygens (including phenoxy) is 1. The number of rotatable bonds is 6. The predicted molar refractivity (Wildman–Crippen MR) is 69.7 cm³/mol. The summed E-state index contributed by atoms with van der Waals surface area (Å²) in [7, 11) is 0. The molecule has 0 spiro atoms. The Hall–Kier alpha value is -1.10. The molecule has 0 radical (unpaired) electrons. The zero-order chi connectivity index (χ0) is 14.0. The Morgan fingerprint density at radius 3 is 2.11 bits per heavy atom. The number of fused-ring (bicyclic) bond motifs is 2. The third-order valence-corrected chi connectivity index (χ3v) is 4.14. The molecule has 0 aliphatic carbocycles. The van der Waals surface area contributed by atoms with Crippen molar-refractivity contribution in [2.45, 2.75) is 51.7 Å². The summed E-state index contributed by atoms with van der Waals surface area (Å²) in [4.78, 5) is 25.8. The van der Waals surface area contributed by atoms with Crippen molar-refractivity contribution in [2.75, 3.05) is 13.1 Å². The molecule has 1 amide bonds. The maximum atomic E-state index is 12.6. The standard InChI is InChI=1S/C14H23NO4/c1-3-7-15(8-4-2)13(16)11-9-5-6-10(19-9)12(11)14(17)18/h9-12H,3-8H2,1-2H3,(H,17,18)/t9-,10-,11+,12-/m1/s1. The van der Waals surface area contributed by atoms with E-state index in [9.17, 15) is 14.7 Å². The highest BCUT2D eigenvalue weighted by Crippen LogP contribution is 2.44. The zero-order valence-electron chi connectivity index (χ0n) is 11.7. The predicted octanol–water partition coefficient (Wildman–Crippen LogP) is 1.51. The molecule has 108 valence electrons. The smallest absolute Gasteiger partial charge is 0.310 e. The first-order valence-corrected chi connectivity index (χ1v) is 7.27. The van der Waals surface area contributed by atoms with Gasteiger partial charge in [-0.05, 0) is 25.7 Å². The molecule has 2 fully saturated rings. The van der Waals surface area contributed by atoms with Crippen LogP contribution in [0.3, 0.4) is 0 Å². The zero-order valence-corrected chi connectivity index (χ0v) is 11.7. The number of aliphatic carboxylic acids is 1. The van der Waals surface area contributed by atoms with Crippen molar-refractivity contribution in [3.8, 4) is 0 Å². The average Bonchev–Trinajstić information content (AvgIpc) is 2.97. The first-order chi connectivity index (χ1) is 9.10. The molecular formula is C14H23NO4. The fraction of sp³-hybridized carbons (Fsp3) is 0.857. The molecule has 4 atom stereocenters. The van der Waals surface area contributed by atoms with E-state index in [0.29, 0.717) is 13.1 Å². The molecule has 0 unspecified atom stereocenters. The summed E-state index contributed by atoms with van der Waals surface area (Å²) in [5.74, 6) is -2.04. The molecule has 2 saturated heterocycles. The van der Waals surface area contributed by atoms with E-state index in [1.807, 2.05) is 18.7 Å². The number of carboxylic acids is 1. The van der Waals surface area contributed by atoms with Crippen LogP contribution in [0.2, 0.25) is 0 Å². The van der Waals surface area contributed by atoms with E-state index in [4.69, 9.17) is 4.74 Å². The van der Waals surface area contributed by atoms with E-state index in [0.717, 1.165) is 25.7 Å². The molecule has 2 heterocycles. The molecule has 0 aromatic heterocycles. The van der Waals surface area contributed by atoms with Crippen LogP contribution < -0.4 is 0 Å². The van der Waals surface area contributed by atoms with Crippen molar-refractivity contribution in [1.29, 1.82) is 0 Å². The van der Waals surface area contributed by atoms with Gasteiger partial charge in [0.2, 0.25) is 5.91 Å². The third kappa shape index (κ3) is 2.61. The minimum Gasteiger partial charge on any atom is -0.481 e. The quantitative estimate of drug-likeness (QED) is 0.793. The summed E-state index contributed by atoms with van der Waals surface area (Å²) in [5.41, 5.74) is 0. The lowest BCUT2D eigenvalue weighted by molar-refractivity contribution is -0.150. The van der Waals surface area contributed by atoms with Crippen molar-refractivity contribution in [2.24, 2.45) is 11.8 Å². The Labute approximate surface area is 113 Å². The number of nitrogens with zero attached hydrogens (tertiary/aromatic N) is 1. The van der Waals surface area contributed by atoms with Gasteiger partial charge < -0.3 is 14.7 Å². The van der Waals surface area contributed by atoms with Gasteiger partial charge in [0.15, 0.2) is 0 Å². The summed E-state index contributed by atoms with van der Waals surface area (Å²) in [6.45, 7) is 5.46. The second-order valence-corrected chi connectivity index (χ2v) is 5.51. The van der Waals surface area contributed by atoms with Crippen LogP contribution in [0.4, 0.5) is 0 Å². The third-order valence-electron chi connectivity index (χ3n) is 4.14. The lowest BCUT2D eigenvalue weighted by Gasteiger charge is -2.30. The maximum absolute atomic E-state index is 12.6. The first kappa shape index (κ1) is 14.3. The fourth-order valence-electron chi connectivity index (χ4n) is 3.39. The van der Waals surface area contributed by atoms with Crippen LogP contribution in [0.15, 0.2) is 0 Å². The van der Waals surface area contributed by atoms with Crippen LogP contribution in [-0.2, 0) is 14.3 Å². The number of carboxylic acid groups (broad SMARTS) is 1. The fourth-order valence-corrected chi connectivity index (χ4v) is 3.39. The van der Waals surface area contributed by atoms with Crippen molar-refractivity contribution in [3.63, 3.8) is 0 Å². The maximum Gasteiger partial charge on any atom is 0.310 e. The van der Waals surface area contributed by atoms with Crippen LogP contribution in [0.25, 0.3) is 0 Å². The number of hydrogen-bond acceptors (Lipinski definition) is 3. The van der Waals surface area contributed by atoms with Crippen LogP contribution in [0.5, 0.6) is 0 Å². The second-order valence-electron chi connectivity index (χ2n) is 5.51. The molecule has 5 heteroatoms. The van der Waals surface area contributed by atoms with Gasteiger partial charge >= 0.3 is 5.97 Å². The molecule has 1 N–H and O–H groups in total. The minimum absolute atomic E-state index is 0.0247. The minimum atomic E-state index is -0.890. The van der Waals surface area contributed by atoms with E-state index >= 15 is 0 Å². The number of hydrogen-bond donors (Lipinski definition) is 1. The molecule has 2 bridgehead atoms. The Morgan fingerprint density at radius 2 is 1.63 bits per heavy atom. The summed E-state index contributed by atoms with van der Waals surface area (Å²) >= 11 is 0. The van der Waals surface area contributed by atoms with E-state index in [2.05, 4.69) is 0 Å². The lowest BCUT2D eigenvalue weighted by atomic mass is 9.78. The van der Waals surface area contributed by atoms with Gasteiger partial charge in [0.05, 0.1) is 24.0 Å². The van der Waals surface area contributed by atoms with Gasteiger partial charge in [0.1, 0.15) is 0 Å². The first-order valence-electron chi connectivity index (χ1n) is 7.27. The number of carbonyl (C=O) groups excluding carboxylic acids is 1. The van der Waals surface area contributed by atoms with Crippen LogP contribution in [0.1, 0.15) is 39.5 Å². The monoisotopic (exact) mass is 269 g/mol. The number of amides is 1. The van der Waals surface area contributed by atoms with Gasteiger partial charge in [-0.1, -0.05) is 13.8 Å². The van der Waals surface area contributed by atoms with Gasteiger partial charge in [-0.2, -0.15) is 0 Å². The molecule has 2 aliphatic rings. The van der Waals surface area contributed by atoms with Gasteiger partial charge in [-0.15, -0.1) is 0 Å². The molecular weight excluding hydrogens is 246 g/mol. The van der Waals surface area contributed by atoms with Crippen molar-refractivity contribution in [1.82, 2.24) is 4.90 Å². The summed E-state index contributed by atoms with van der Waals surface area (Å²) < 4.78 is 5.66. The van der Waals surface area contributed by atoms with Crippen LogP contribution >= 0.6 is 0 Å². The van der Waals surface area contributed by atoms with Crippen LogP contribution in [0, 0.1) is 11.8 Å². The van der Waals surface area contributed by atoms with Gasteiger partial charge in [0, 0.05) is 13.1 Å².